The average molecular weight is 450 g/mol. The molecule has 0 radical (unpaired) electrons. The topological polar surface area (TPSA) is 76.6 Å². The number of carbonyl (C=O) groups is 1. The van der Waals surface area contributed by atoms with Crippen LogP contribution in [0, 0.1) is 11.3 Å². The molecule has 6 nitrogen and oxygen atoms in total. The van der Waals surface area contributed by atoms with E-state index in [9.17, 15) is 10.1 Å². The third kappa shape index (κ3) is 6.56. The SMILES string of the molecule is C.CC.N#Cc1ccccc1N1CCN(C(=O)C2CC(N)CN2CC2=CC=CCC=C2)CC1. The highest BCUT2D eigenvalue weighted by Gasteiger charge is 2.38. The lowest BCUT2D eigenvalue weighted by atomic mass is 10.1. The predicted octanol–water partition coefficient (Wildman–Crippen LogP) is 3.71. The molecule has 4 rings (SSSR count). The first-order valence-electron chi connectivity index (χ1n) is 11.7. The Kier molecular flexibility index (Phi) is 10.4. The normalized spacial score (nSPS) is 22.4. The van der Waals surface area contributed by atoms with Crippen LogP contribution in [0.15, 0.2) is 60.2 Å². The van der Waals surface area contributed by atoms with E-state index in [-0.39, 0.29) is 25.4 Å². The van der Waals surface area contributed by atoms with Crippen molar-refractivity contribution >= 4 is 11.6 Å². The summed E-state index contributed by atoms with van der Waals surface area (Å²) in [5.41, 5.74) is 9.10. The molecule has 2 unspecified atom stereocenters. The van der Waals surface area contributed by atoms with Gasteiger partial charge in [0.15, 0.2) is 0 Å². The van der Waals surface area contributed by atoms with Gasteiger partial charge in [0, 0.05) is 45.3 Å². The molecule has 0 aromatic heterocycles. The molecule has 1 amide bonds. The Morgan fingerprint density at radius 3 is 2.61 bits per heavy atom. The van der Waals surface area contributed by atoms with E-state index in [4.69, 9.17) is 5.73 Å². The number of likely N-dealkylation sites (tertiary alicyclic amines) is 1. The van der Waals surface area contributed by atoms with Gasteiger partial charge in [-0.2, -0.15) is 5.26 Å². The van der Waals surface area contributed by atoms with E-state index in [0.717, 1.165) is 38.3 Å². The quantitative estimate of drug-likeness (QED) is 0.758. The zero-order valence-corrected chi connectivity index (χ0v) is 19.3. The van der Waals surface area contributed by atoms with E-state index >= 15 is 0 Å². The second-order valence-corrected chi connectivity index (χ2v) is 8.19. The summed E-state index contributed by atoms with van der Waals surface area (Å²) in [7, 11) is 0. The number of allylic oxidation sites excluding steroid dienone is 4. The van der Waals surface area contributed by atoms with E-state index < -0.39 is 0 Å². The van der Waals surface area contributed by atoms with Crippen molar-refractivity contribution in [2.24, 2.45) is 5.73 Å². The zero-order chi connectivity index (χ0) is 22.9. The van der Waals surface area contributed by atoms with Crippen LogP contribution in [0.4, 0.5) is 5.69 Å². The summed E-state index contributed by atoms with van der Waals surface area (Å²) in [6.45, 7) is 8.32. The Morgan fingerprint density at radius 1 is 1.15 bits per heavy atom. The van der Waals surface area contributed by atoms with Crippen LogP contribution in [0.25, 0.3) is 0 Å². The van der Waals surface area contributed by atoms with Gasteiger partial charge in [0.1, 0.15) is 6.07 Å². The predicted molar refractivity (Wildman–Crippen MR) is 137 cm³/mol. The van der Waals surface area contributed by atoms with E-state index in [1.54, 1.807) is 0 Å². The van der Waals surface area contributed by atoms with Gasteiger partial charge in [-0.05, 0) is 30.5 Å². The molecular formula is C27H39N5O. The van der Waals surface area contributed by atoms with Crippen LogP contribution >= 0.6 is 0 Å². The highest BCUT2D eigenvalue weighted by molar-refractivity contribution is 5.83. The fourth-order valence-corrected chi connectivity index (χ4v) is 4.56. The van der Waals surface area contributed by atoms with Gasteiger partial charge in [-0.15, -0.1) is 0 Å². The summed E-state index contributed by atoms with van der Waals surface area (Å²) < 4.78 is 0. The number of piperazine rings is 1. The first kappa shape index (κ1) is 26.4. The van der Waals surface area contributed by atoms with E-state index in [1.165, 1.54) is 5.57 Å². The van der Waals surface area contributed by atoms with E-state index in [0.29, 0.717) is 25.1 Å². The largest absolute Gasteiger partial charge is 0.367 e. The van der Waals surface area contributed by atoms with Crippen molar-refractivity contribution in [2.75, 3.05) is 44.2 Å². The number of hydrogen-bond acceptors (Lipinski definition) is 5. The second-order valence-electron chi connectivity index (χ2n) is 8.19. The van der Waals surface area contributed by atoms with Crippen LogP contribution in [0.5, 0.6) is 0 Å². The van der Waals surface area contributed by atoms with Gasteiger partial charge in [-0.3, -0.25) is 9.69 Å². The summed E-state index contributed by atoms with van der Waals surface area (Å²) in [4.78, 5) is 19.7. The highest BCUT2D eigenvalue weighted by atomic mass is 16.2. The Balaban J connectivity index is 0.00000125. The molecular weight excluding hydrogens is 410 g/mol. The molecule has 0 saturated carbocycles. The van der Waals surface area contributed by atoms with Crippen LogP contribution in [-0.4, -0.2) is 67.1 Å². The second kappa shape index (κ2) is 13.0. The lowest BCUT2D eigenvalue weighted by Gasteiger charge is -2.38. The van der Waals surface area contributed by atoms with Gasteiger partial charge in [-0.25, -0.2) is 0 Å². The Morgan fingerprint density at radius 2 is 1.88 bits per heavy atom. The molecule has 0 bridgehead atoms. The number of hydrogen-bond donors (Lipinski definition) is 1. The number of nitriles is 1. The molecule has 2 aliphatic heterocycles. The summed E-state index contributed by atoms with van der Waals surface area (Å²) in [5, 5.41) is 9.37. The lowest BCUT2D eigenvalue weighted by Crippen LogP contribution is -2.54. The fraction of sp³-hybridized carbons (Fsp3) is 0.481. The Labute approximate surface area is 199 Å². The first-order chi connectivity index (χ1) is 15.7. The molecule has 33 heavy (non-hydrogen) atoms. The van der Waals surface area contributed by atoms with Gasteiger partial charge < -0.3 is 15.5 Å². The minimum Gasteiger partial charge on any atom is -0.367 e. The van der Waals surface area contributed by atoms with Crippen molar-refractivity contribution in [1.82, 2.24) is 9.80 Å². The van der Waals surface area contributed by atoms with Gasteiger partial charge in [0.05, 0.1) is 17.3 Å². The third-order valence-electron chi connectivity index (χ3n) is 6.11. The van der Waals surface area contributed by atoms with Crippen molar-refractivity contribution in [3.63, 3.8) is 0 Å². The summed E-state index contributed by atoms with van der Waals surface area (Å²) in [5.74, 6) is 0.185. The molecule has 3 aliphatic rings. The monoisotopic (exact) mass is 449 g/mol. The van der Waals surface area contributed by atoms with Gasteiger partial charge in [0.25, 0.3) is 0 Å². The maximum Gasteiger partial charge on any atom is 0.240 e. The fourth-order valence-electron chi connectivity index (χ4n) is 4.56. The molecule has 2 heterocycles. The number of nitrogens with zero attached hydrogens (tertiary/aromatic N) is 4. The molecule has 2 saturated heterocycles. The smallest absolute Gasteiger partial charge is 0.240 e. The Bertz CT molecular complexity index is 905. The van der Waals surface area contributed by atoms with E-state index in [1.807, 2.05) is 43.0 Å². The maximum atomic E-state index is 13.3. The van der Waals surface area contributed by atoms with Crippen molar-refractivity contribution in [3.8, 4) is 6.07 Å². The van der Waals surface area contributed by atoms with Crippen molar-refractivity contribution < 1.29 is 4.79 Å². The van der Waals surface area contributed by atoms with Crippen LogP contribution in [0.1, 0.15) is 39.7 Å². The number of para-hydroxylation sites is 1. The third-order valence-corrected chi connectivity index (χ3v) is 6.11. The average Bonchev–Trinajstić information content (AvgIpc) is 3.02. The van der Waals surface area contributed by atoms with Crippen molar-refractivity contribution in [3.05, 3.63) is 65.8 Å². The molecule has 178 valence electrons. The van der Waals surface area contributed by atoms with Gasteiger partial charge >= 0.3 is 0 Å². The number of amides is 1. The maximum absolute atomic E-state index is 13.3. The number of benzene rings is 1. The number of rotatable bonds is 4. The minimum absolute atomic E-state index is 0. The van der Waals surface area contributed by atoms with E-state index in [2.05, 4.69) is 46.2 Å². The van der Waals surface area contributed by atoms with Crippen LogP contribution in [-0.2, 0) is 4.79 Å². The zero-order valence-electron chi connectivity index (χ0n) is 19.3. The lowest BCUT2D eigenvalue weighted by molar-refractivity contribution is -0.136. The Hall–Kier alpha value is -2.88. The molecule has 2 fully saturated rings. The molecule has 0 spiro atoms. The van der Waals surface area contributed by atoms with Crippen LogP contribution in [0.3, 0.4) is 0 Å². The van der Waals surface area contributed by atoms with Crippen molar-refractivity contribution in [2.45, 2.75) is 46.2 Å². The number of nitrogens with two attached hydrogens (primary N) is 1. The van der Waals surface area contributed by atoms with Crippen molar-refractivity contribution in [1.29, 1.82) is 5.26 Å². The first-order valence-corrected chi connectivity index (χ1v) is 11.7. The summed E-state index contributed by atoms with van der Waals surface area (Å²) in [6.07, 6.45) is 12.3. The molecule has 1 aliphatic carbocycles. The van der Waals surface area contributed by atoms with Gasteiger partial charge in [0.2, 0.25) is 5.91 Å². The molecule has 1 aromatic carbocycles. The molecule has 2 atom stereocenters. The molecule has 1 aromatic rings. The van der Waals surface area contributed by atoms with Crippen LogP contribution in [0.2, 0.25) is 0 Å². The van der Waals surface area contributed by atoms with Gasteiger partial charge in [-0.1, -0.05) is 63.8 Å². The molecule has 2 N–H and O–H groups in total. The number of anilines is 1. The summed E-state index contributed by atoms with van der Waals surface area (Å²) in [6, 6.07) is 9.81. The minimum atomic E-state index is -0.153. The summed E-state index contributed by atoms with van der Waals surface area (Å²) >= 11 is 0. The highest BCUT2D eigenvalue weighted by Crippen LogP contribution is 2.24. The molecule has 6 heteroatoms. The van der Waals surface area contributed by atoms with Crippen LogP contribution < -0.4 is 10.6 Å². The standard InChI is InChI=1S/C24H29N5O.C2H6.CH4/c25-16-20-9-5-6-10-22(20)27-11-13-28(14-12-27)24(30)23-15-21(26)18-29(23)17-19-7-3-1-2-4-8-19;1-2;/h1,3-10,21,23H,2,11-15,17-18,26H2;1-2H3;1H4. The number of carbonyl (C=O) groups excluding carboxylic acids is 1.